The Morgan fingerprint density at radius 3 is 2.62 bits per heavy atom. The topological polar surface area (TPSA) is 147 Å². The number of aromatic nitrogens is 3. The summed E-state index contributed by atoms with van der Waals surface area (Å²) in [6, 6.07) is 21.1. The number of hydrogen-bond donors (Lipinski definition) is 2. The monoisotopic (exact) mass is 549 g/mol. The van der Waals surface area contributed by atoms with Gasteiger partial charge >= 0.3 is 0 Å². The zero-order valence-corrected chi connectivity index (χ0v) is 22.2. The lowest BCUT2D eigenvalue weighted by molar-refractivity contribution is -0.118. The molecule has 11 heteroatoms. The molecule has 0 spiro atoms. The Bertz CT molecular complexity index is 1790. The Morgan fingerprint density at radius 2 is 1.88 bits per heavy atom. The van der Waals surface area contributed by atoms with Gasteiger partial charge in [-0.25, -0.2) is 4.98 Å². The number of rotatable bonds is 8. The molecule has 0 aliphatic heterocycles. The van der Waals surface area contributed by atoms with Gasteiger partial charge < -0.3 is 15.2 Å². The summed E-state index contributed by atoms with van der Waals surface area (Å²) in [6.07, 6.45) is 3.44. The number of primary amides is 1. The van der Waals surface area contributed by atoms with Crippen LogP contribution in [0.5, 0.6) is 0 Å². The summed E-state index contributed by atoms with van der Waals surface area (Å²) in [5.74, 6) is -0.861. The van der Waals surface area contributed by atoms with Crippen molar-refractivity contribution in [2.75, 3.05) is 17.3 Å². The average molecular weight is 550 g/mol. The number of nitriles is 1. The number of nitrogens with one attached hydrogen (secondary N) is 1. The first-order valence-electron chi connectivity index (χ1n) is 12.2. The van der Waals surface area contributed by atoms with Crippen molar-refractivity contribution in [3.05, 3.63) is 95.1 Å². The Morgan fingerprint density at radius 1 is 1.07 bits per heavy atom. The molecule has 0 aliphatic rings. The van der Waals surface area contributed by atoms with Crippen molar-refractivity contribution in [3.63, 3.8) is 0 Å². The van der Waals surface area contributed by atoms with Gasteiger partial charge in [0, 0.05) is 48.5 Å². The van der Waals surface area contributed by atoms with E-state index < -0.39 is 5.91 Å². The summed E-state index contributed by atoms with van der Waals surface area (Å²) >= 11 is 1.34. The normalized spacial score (nSPS) is 10.7. The highest BCUT2D eigenvalue weighted by Gasteiger charge is 2.19. The van der Waals surface area contributed by atoms with Crippen LogP contribution in [0, 0.1) is 11.3 Å². The molecule has 0 atom stereocenters. The van der Waals surface area contributed by atoms with E-state index >= 15 is 0 Å². The van der Waals surface area contributed by atoms with Crippen LogP contribution in [0.25, 0.3) is 21.5 Å². The predicted octanol–water partition coefficient (Wildman–Crippen LogP) is 4.44. The van der Waals surface area contributed by atoms with Crippen LogP contribution in [0.3, 0.4) is 0 Å². The van der Waals surface area contributed by atoms with Gasteiger partial charge in [0.25, 0.3) is 11.8 Å². The zero-order valence-electron chi connectivity index (χ0n) is 21.4. The van der Waals surface area contributed by atoms with E-state index in [1.807, 2.05) is 24.3 Å². The summed E-state index contributed by atoms with van der Waals surface area (Å²) in [7, 11) is 1.63. The van der Waals surface area contributed by atoms with Gasteiger partial charge in [0.1, 0.15) is 0 Å². The number of fused-ring (bicyclic) bond motifs is 1. The van der Waals surface area contributed by atoms with Gasteiger partial charge in [-0.1, -0.05) is 6.07 Å². The molecule has 3 N–H and O–H groups in total. The van der Waals surface area contributed by atoms with E-state index in [1.54, 1.807) is 66.5 Å². The molecule has 3 heterocycles. The molecule has 5 aromatic rings. The quantitative estimate of drug-likeness (QED) is 0.293. The smallest absolute Gasteiger partial charge is 0.268 e. The fourth-order valence-electron chi connectivity index (χ4n) is 4.20. The molecule has 3 amide bonds. The minimum absolute atomic E-state index is 0.0505. The summed E-state index contributed by atoms with van der Waals surface area (Å²) in [5.41, 5.74) is 8.88. The second-order valence-electron chi connectivity index (χ2n) is 8.89. The number of benzene rings is 2. The number of carbonyl (C=O) groups excluding carboxylic acids is 3. The van der Waals surface area contributed by atoms with Gasteiger partial charge in [-0.05, 0) is 66.2 Å². The Balaban J connectivity index is 1.44. The van der Waals surface area contributed by atoms with Gasteiger partial charge in [-0.2, -0.15) is 5.26 Å². The van der Waals surface area contributed by atoms with Gasteiger partial charge in [-0.3, -0.25) is 24.7 Å². The third-order valence-electron chi connectivity index (χ3n) is 6.26. The molecule has 0 radical (unpaired) electrons. The van der Waals surface area contributed by atoms with Crippen LogP contribution in [-0.4, -0.2) is 39.3 Å². The second kappa shape index (κ2) is 11.2. The van der Waals surface area contributed by atoms with Crippen LogP contribution in [0.2, 0.25) is 0 Å². The van der Waals surface area contributed by atoms with E-state index in [2.05, 4.69) is 15.3 Å². The van der Waals surface area contributed by atoms with Crippen LogP contribution in [0.1, 0.15) is 32.0 Å². The van der Waals surface area contributed by atoms with Gasteiger partial charge in [0.2, 0.25) is 11.9 Å². The molecule has 0 unspecified atom stereocenters. The van der Waals surface area contributed by atoms with E-state index in [0.29, 0.717) is 32.7 Å². The van der Waals surface area contributed by atoms with Crippen molar-refractivity contribution in [2.24, 2.45) is 5.73 Å². The molecule has 2 aromatic carbocycles. The summed E-state index contributed by atoms with van der Waals surface area (Å²) < 4.78 is 1.72. The van der Waals surface area contributed by atoms with Crippen molar-refractivity contribution < 1.29 is 14.4 Å². The molecule has 0 saturated heterocycles. The van der Waals surface area contributed by atoms with Gasteiger partial charge in [0.05, 0.1) is 27.5 Å². The highest BCUT2D eigenvalue weighted by molar-refractivity contribution is 7.17. The van der Waals surface area contributed by atoms with E-state index in [0.717, 1.165) is 10.4 Å². The van der Waals surface area contributed by atoms with Crippen molar-refractivity contribution in [1.82, 2.24) is 14.5 Å². The molecule has 0 fully saturated rings. The average Bonchev–Trinajstić information content (AvgIpc) is 3.60. The highest BCUT2D eigenvalue weighted by atomic mass is 32.1. The maximum absolute atomic E-state index is 13.2. The van der Waals surface area contributed by atoms with Crippen molar-refractivity contribution >= 4 is 51.7 Å². The first kappa shape index (κ1) is 26.3. The molecule has 10 nitrogen and oxygen atoms in total. The lowest BCUT2D eigenvalue weighted by Gasteiger charge is -2.17. The first-order valence-corrected chi connectivity index (χ1v) is 13.0. The largest absolute Gasteiger partial charge is 0.370 e. The number of pyridine rings is 1. The Hall–Kier alpha value is -5.34. The molecule has 5 rings (SSSR count). The van der Waals surface area contributed by atoms with Crippen LogP contribution in [0.4, 0.5) is 11.6 Å². The van der Waals surface area contributed by atoms with Crippen molar-refractivity contribution in [2.45, 2.75) is 13.0 Å². The van der Waals surface area contributed by atoms with Crippen LogP contribution in [-0.2, 0) is 11.3 Å². The lowest BCUT2D eigenvalue weighted by Crippen LogP contribution is -2.26. The van der Waals surface area contributed by atoms with Crippen LogP contribution >= 0.6 is 11.3 Å². The Kier molecular flexibility index (Phi) is 7.35. The summed E-state index contributed by atoms with van der Waals surface area (Å²) in [6.45, 7) is 0.212. The molecular formula is C29H23N7O3S. The fourth-order valence-corrected chi connectivity index (χ4v) is 5.10. The minimum Gasteiger partial charge on any atom is -0.370 e. The van der Waals surface area contributed by atoms with E-state index in [9.17, 15) is 14.4 Å². The molecule has 40 heavy (non-hydrogen) atoms. The number of hydrogen-bond acceptors (Lipinski definition) is 7. The number of amides is 3. The Labute approximate surface area is 233 Å². The molecule has 0 bridgehead atoms. The predicted molar refractivity (Wildman–Crippen MR) is 153 cm³/mol. The maximum Gasteiger partial charge on any atom is 0.268 e. The zero-order chi connectivity index (χ0) is 28.2. The number of nitrogens with two attached hydrogens (primary N) is 1. The fraction of sp³-hybridized carbons (Fsp3) is 0.103. The maximum atomic E-state index is 13.2. The SMILES string of the molecule is CN(C(=O)c1cccc(C#N)c1)c1ccc2c(c1)nc(NC(=O)c1ccc(-c3ccncc3)s1)n2CCC(N)=O. The number of imidazole rings is 1. The molecular weight excluding hydrogens is 526 g/mol. The summed E-state index contributed by atoms with van der Waals surface area (Å²) in [4.78, 5) is 49.3. The third-order valence-corrected chi connectivity index (χ3v) is 7.40. The second-order valence-corrected chi connectivity index (χ2v) is 9.97. The number of carbonyl (C=O) groups is 3. The van der Waals surface area contributed by atoms with Crippen molar-refractivity contribution in [1.29, 1.82) is 5.26 Å². The van der Waals surface area contributed by atoms with Gasteiger partial charge in [-0.15, -0.1) is 11.3 Å². The number of anilines is 2. The van der Waals surface area contributed by atoms with Crippen LogP contribution < -0.4 is 16.0 Å². The van der Waals surface area contributed by atoms with E-state index in [-0.39, 0.29) is 30.7 Å². The summed E-state index contributed by atoms with van der Waals surface area (Å²) in [5, 5.41) is 12.0. The van der Waals surface area contributed by atoms with Crippen molar-refractivity contribution in [3.8, 4) is 16.5 Å². The van der Waals surface area contributed by atoms with Gasteiger partial charge in [0.15, 0.2) is 0 Å². The van der Waals surface area contributed by atoms with E-state index in [1.165, 1.54) is 22.3 Å². The standard InChI is InChI=1S/C29H23N7O3S/c1-35(28(39)20-4-2-3-18(15-20)17-30)21-5-6-23-22(16-21)33-29(36(23)14-11-26(31)37)34-27(38)25-8-7-24(40-25)19-9-12-32-13-10-19/h2-10,12-13,15-16H,11,14H2,1H3,(H2,31,37)(H,33,34,38). The molecule has 0 saturated carbocycles. The van der Waals surface area contributed by atoms with E-state index in [4.69, 9.17) is 11.0 Å². The highest BCUT2D eigenvalue weighted by Crippen LogP contribution is 2.30. The third kappa shape index (κ3) is 5.43. The van der Waals surface area contributed by atoms with Crippen LogP contribution in [0.15, 0.2) is 79.1 Å². The number of thiophene rings is 1. The molecule has 3 aromatic heterocycles. The molecule has 0 aliphatic carbocycles. The first-order chi connectivity index (χ1) is 19.3. The lowest BCUT2D eigenvalue weighted by atomic mass is 10.1. The molecule has 198 valence electrons. The number of nitrogens with zero attached hydrogens (tertiary/aromatic N) is 5. The minimum atomic E-state index is -0.485. The number of aryl methyl sites for hydroxylation is 1.